The number of esters is 1. The van der Waals surface area contributed by atoms with Crippen molar-refractivity contribution in [2.24, 2.45) is 5.84 Å². The number of halogens is 1. The van der Waals surface area contributed by atoms with E-state index in [2.05, 4.69) is 15.3 Å². The second kappa shape index (κ2) is 14.1. The largest absolute Gasteiger partial charge is 0.484 e. The van der Waals surface area contributed by atoms with Gasteiger partial charge in [-0.15, -0.1) is 0 Å². The third-order valence-corrected chi connectivity index (χ3v) is 5.97. The minimum Gasteiger partial charge on any atom is -0.484 e. The number of nitrogen functional groups attached to an aromatic ring is 1. The molecule has 0 aliphatic carbocycles. The lowest BCUT2D eigenvalue weighted by Gasteiger charge is -2.15. The first-order valence-corrected chi connectivity index (χ1v) is 12.6. The van der Waals surface area contributed by atoms with Gasteiger partial charge in [-0.3, -0.25) is 15.2 Å². The number of nitrogens with one attached hydrogen (secondary N) is 2. The summed E-state index contributed by atoms with van der Waals surface area (Å²) in [6, 6.07) is 17.2. The predicted molar refractivity (Wildman–Crippen MR) is 146 cm³/mol. The number of rotatable bonds is 7. The summed E-state index contributed by atoms with van der Waals surface area (Å²) in [4.78, 5) is 33.8. The van der Waals surface area contributed by atoms with Gasteiger partial charge in [0.15, 0.2) is 11.4 Å². The Morgan fingerprint density at radius 1 is 1.02 bits per heavy atom. The van der Waals surface area contributed by atoms with Crippen molar-refractivity contribution >= 4 is 22.8 Å². The first-order valence-electron chi connectivity index (χ1n) is 12.6. The standard InChI is InChI=1S/C25H21FN4O4.C4H9NO/c1-33-25(32)22-23(34-14-16-5-3-2-4-6-16)20-19(21(29-22)24(31)30-27)12-17(13-28-20)11-15-7-9-18(26)10-8-15;1-3-6-4-2-5-1/h2-10,12-13H,11,14,27H2,1H3,(H,30,31);5H,1-4H2. The van der Waals surface area contributed by atoms with Crippen molar-refractivity contribution in [3.05, 3.63) is 101 Å². The number of carbonyl (C=O) groups is 2. The highest BCUT2D eigenvalue weighted by Gasteiger charge is 2.25. The van der Waals surface area contributed by atoms with Gasteiger partial charge in [-0.05, 0) is 41.3 Å². The first kappa shape index (κ1) is 28.6. The molecule has 0 bridgehead atoms. The van der Waals surface area contributed by atoms with Gasteiger partial charge in [0, 0.05) is 24.7 Å². The van der Waals surface area contributed by atoms with Gasteiger partial charge >= 0.3 is 5.97 Å². The minimum absolute atomic E-state index is 0.0904. The fourth-order valence-electron chi connectivity index (χ4n) is 4.00. The number of morpholine rings is 1. The number of aromatic nitrogens is 2. The van der Waals surface area contributed by atoms with E-state index >= 15 is 0 Å². The molecular formula is C29H30FN5O5. The summed E-state index contributed by atoms with van der Waals surface area (Å²) >= 11 is 0. The van der Waals surface area contributed by atoms with Crippen molar-refractivity contribution in [3.63, 3.8) is 0 Å². The number of amides is 1. The number of fused-ring (bicyclic) bond motifs is 1. The molecule has 1 amide bonds. The maximum Gasteiger partial charge on any atom is 0.360 e. The van der Waals surface area contributed by atoms with E-state index in [1.807, 2.05) is 35.8 Å². The van der Waals surface area contributed by atoms with E-state index in [9.17, 15) is 14.0 Å². The lowest BCUT2D eigenvalue weighted by molar-refractivity contribution is 0.0588. The zero-order valence-electron chi connectivity index (χ0n) is 22.0. The van der Waals surface area contributed by atoms with Crippen LogP contribution in [0, 0.1) is 5.82 Å². The highest BCUT2D eigenvalue weighted by molar-refractivity contribution is 6.08. The lowest BCUT2D eigenvalue weighted by atomic mass is 10.0. The number of hydrazine groups is 1. The fourth-order valence-corrected chi connectivity index (χ4v) is 4.00. The van der Waals surface area contributed by atoms with Gasteiger partial charge in [0.25, 0.3) is 5.91 Å². The summed E-state index contributed by atoms with van der Waals surface area (Å²) in [6.45, 7) is 3.98. The summed E-state index contributed by atoms with van der Waals surface area (Å²) in [5, 5.41) is 3.51. The van der Waals surface area contributed by atoms with E-state index in [-0.39, 0.29) is 35.1 Å². The number of hydrogen-bond acceptors (Lipinski definition) is 9. The van der Waals surface area contributed by atoms with E-state index in [0.29, 0.717) is 11.8 Å². The Labute approximate surface area is 230 Å². The molecule has 5 rings (SSSR count). The molecule has 0 radical (unpaired) electrons. The molecule has 208 valence electrons. The number of hydrogen-bond donors (Lipinski definition) is 3. The van der Waals surface area contributed by atoms with Gasteiger partial charge in [0.1, 0.15) is 23.6 Å². The molecule has 1 saturated heterocycles. The molecule has 11 heteroatoms. The Morgan fingerprint density at radius 2 is 1.75 bits per heavy atom. The van der Waals surface area contributed by atoms with Crippen LogP contribution in [0.1, 0.15) is 37.7 Å². The van der Waals surface area contributed by atoms with Gasteiger partial charge in [0.05, 0.1) is 20.3 Å². The van der Waals surface area contributed by atoms with Crippen LogP contribution in [0.2, 0.25) is 0 Å². The van der Waals surface area contributed by atoms with Gasteiger partial charge in [-0.1, -0.05) is 42.5 Å². The van der Waals surface area contributed by atoms with Crippen molar-refractivity contribution in [2.45, 2.75) is 13.0 Å². The lowest BCUT2D eigenvalue weighted by Crippen LogP contribution is -2.31. The highest BCUT2D eigenvalue weighted by Crippen LogP contribution is 2.31. The Hall–Kier alpha value is -4.45. The zero-order chi connectivity index (χ0) is 28.3. The van der Waals surface area contributed by atoms with E-state index in [1.165, 1.54) is 19.2 Å². The number of methoxy groups -OCH3 is 1. The van der Waals surface area contributed by atoms with Crippen LogP contribution in [-0.4, -0.2) is 55.3 Å². The number of nitrogens with zero attached hydrogens (tertiary/aromatic N) is 2. The molecule has 0 atom stereocenters. The van der Waals surface area contributed by atoms with Gasteiger partial charge < -0.3 is 19.5 Å². The smallest absolute Gasteiger partial charge is 0.360 e. The predicted octanol–water partition coefficient (Wildman–Crippen LogP) is 2.94. The van der Waals surface area contributed by atoms with Crippen molar-refractivity contribution in [1.82, 2.24) is 20.7 Å². The molecule has 4 N–H and O–H groups in total. The molecule has 2 aromatic carbocycles. The maximum atomic E-state index is 13.3. The Kier molecular flexibility index (Phi) is 10.1. The second-order valence-corrected chi connectivity index (χ2v) is 8.78. The molecule has 40 heavy (non-hydrogen) atoms. The molecule has 1 aliphatic rings. The number of benzene rings is 2. The number of pyridine rings is 2. The molecular weight excluding hydrogens is 517 g/mol. The molecule has 10 nitrogen and oxygen atoms in total. The maximum absolute atomic E-state index is 13.3. The molecule has 1 aliphatic heterocycles. The van der Waals surface area contributed by atoms with Crippen LogP contribution < -0.4 is 21.3 Å². The zero-order valence-corrected chi connectivity index (χ0v) is 22.0. The number of carbonyl (C=O) groups excluding carboxylic acids is 2. The molecule has 2 aromatic heterocycles. The summed E-state index contributed by atoms with van der Waals surface area (Å²) < 4.78 is 29.1. The third kappa shape index (κ3) is 7.35. The van der Waals surface area contributed by atoms with Crippen LogP contribution >= 0.6 is 0 Å². The van der Waals surface area contributed by atoms with Crippen LogP contribution in [0.3, 0.4) is 0 Å². The summed E-state index contributed by atoms with van der Waals surface area (Å²) in [7, 11) is 1.21. The van der Waals surface area contributed by atoms with Crippen molar-refractivity contribution < 1.29 is 28.2 Å². The fraction of sp³-hybridized carbons (Fsp3) is 0.241. The Bertz CT molecular complexity index is 1440. The first-order chi connectivity index (χ1) is 19.5. The molecule has 0 spiro atoms. The average molecular weight is 548 g/mol. The Morgan fingerprint density at radius 3 is 2.35 bits per heavy atom. The number of nitrogens with two attached hydrogens (primary N) is 1. The highest BCUT2D eigenvalue weighted by atomic mass is 19.1. The second-order valence-electron chi connectivity index (χ2n) is 8.78. The van der Waals surface area contributed by atoms with Crippen LogP contribution in [0.15, 0.2) is 66.9 Å². The number of ether oxygens (including phenoxy) is 3. The average Bonchev–Trinajstić information content (AvgIpc) is 3.01. The SMILES string of the molecule is C1COCCN1.COC(=O)c1nc(C(=O)NN)c2cc(Cc3ccc(F)cc3)cnc2c1OCc1ccccc1. The van der Waals surface area contributed by atoms with E-state index in [1.54, 1.807) is 24.4 Å². The molecule has 3 heterocycles. The summed E-state index contributed by atoms with van der Waals surface area (Å²) in [5.74, 6) is 3.63. The molecule has 0 unspecified atom stereocenters. The summed E-state index contributed by atoms with van der Waals surface area (Å²) in [6.07, 6.45) is 2.04. The van der Waals surface area contributed by atoms with Crippen LogP contribution in [-0.2, 0) is 22.5 Å². The Balaban J connectivity index is 0.000000546. The molecule has 0 saturated carbocycles. The van der Waals surface area contributed by atoms with Crippen molar-refractivity contribution in [1.29, 1.82) is 0 Å². The van der Waals surface area contributed by atoms with Crippen molar-refractivity contribution in [2.75, 3.05) is 33.4 Å². The van der Waals surface area contributed by atoms with E-state index < -0.39 is 11.9 Å². The summed E-state index contributed by atoms with van der Waals surface area (Å²) in [5.41, 5.74) is 4.47. The van der Waals surface area contributed by atoms with Gasteiger partial charge in [-0.2, -0.15) is 0 Å². The van der Waals surface area contributed by atoms with E-state index in [0.717, 1.165) is 43.0 Å². The minimum atomic E-state index is -0.784. The van der Waals surface area contributed by atoms with Crippen LogP contribution in [0.25, 0.3) is 10.9 Å². The molecule has 1 fully saturated rings. The van der Waals surface area contributed by atoms with E-state index in [4.69, 9.17) is 20.1 Å². The normalized spacial score (nSPS) is 12.7. The third-order valence-electron chi connectivity index (χ3n) is 5.97. The van der Waals surface area contributed by atoms with Gasteiger partial charge in [0.2, 0.25) is 0 Å². The van der Waals surface area contributed by atoms with Crippen LogP contribution in [0.4, 0.5) is 4.39 Å². The van der Waals surface area contributed by atoms with Crippen LogP contribution in [0.5, 0.6) is 5.75 Å². The van der Waals surface area contributed by atoms with Crippen molar-refractivity contribution in [3.8, 4) is 5.75 Å². The molecule has 4 aromatic rings. The van der Waals surface area contributed by atoms with Gasteiger partial charge in [-0.25, -0.2) is 20.0 Å². The quantitative estimate of drug-likeness (QED) is 0.138. The monoisotopic (exact) mass is 547 g/mol. The topological polar surface area (TPSA) is 138 Å².